The Balaban J connectivity index is 1.59. The van der Waals surface area contributed by atoms with Gasteiger partial charge in [0.2, 0.25) is 5.95 Å². The molecule has 170 valence electrons. The fraction of sp³-hybridized carbons (Fsp3) is 0.261. The number of aryl methyl sites for hydroxylation is 2. The maximum Gasteiger partial charge on any atom is 0.310 e. The Labute approximate surface area is 196 Å². The maximum atomic E-state index is 13.2. The van der Waals surface area contributed by atoms with Gasteiger partial charge < -0.3 is 14.6 Å². The lowest BCUT2D eigenvalue weighted by Gasteiger charge is -2.35. The highest BCUT2D eigenvalue weighted by atomic mass is 35.5. The Bertz CT molecular complexity index is 1310. The minimum atomic E-state index is -0.637. The summed E-state index contributed by atoms with van der Waals surface area (Å²) in [6.45, 7) is 5.74. The van der Waals surface area contributed by atoms with Crippen molar-refractivity contribution >= 4 is 29.3 Å². The molecule has 0 unspecified atom stereocenters. The standard InChI is InChI=1S/C23H24ClN7O2/c1-14-12-25-22(28-18-9-10-26-31(18)5)29-19(14)17-13-33-20(27-17)21(32)30(4)23(2,3)15-7-6-8-16(24)11-15/h6-13H,1-5H3,(H,25,28,29). The zero-order valence-corrected chi connectivity index (χ0v) is 19.8. The number of carbonyl (C=O) groups excluding carboxylic acids is 1. The van der Waals surface area contributed by atoms with E-state index in [9.17, 15) is 4.79 Å². The third kappa shape index (κ3) is 4.45. The molecule has 1 N–H and O–H groups in total. The highest BCUT2D eigenvalue weighted by molar-refractivity contribution is 6.30. The molecule has 33 heavy (non-hydrogen) atoms. The summed E-state index contributed by atoms with van der Waals surface area (Å²) in [5, 5.41) is 7.84. The second-order valence-corrected chi connectivity index (χ2v) is 8.60. The van der Waals surface area contributed by atoms with Gasteiger partial charge in [0.05, 0.1) is 11.7 Å². The number of halogens is 1. The number of nitrogens with one attached hydrogen (secondary N) is 1. The molecule has 1 amide bonds. The van der Waals surface area contributed by atoms with Gasteiger partial charge in [-0.15, -0.1) is 0 Å². The smallest absolute Gasteiger partial charge is 0.310 e. The molecule has 0 bridgehead atoms. The predicted molar refractivity (Wildman–Crippen MR) is 125 cm³/mol. The molecule has 0 aliphatic rings. The van der Waals surface area contributed by atoms with Crippen molar-refractivity contribution in [2.75, 3.05) is 12.4 Å². The Kier molecular flexibility index (Phi) is 5.90. The first-order chi connectivity index (χ1) is 15.7. The fourth-order valence-electron chi connectivity index (χ4n) is 3.31. The topological polar surface area (TPSA) is 102 Å². The number of anilines is 2. The Morgan fingerprint density at radius 1 is 1.24 bits per heavy atom. The lowest BCUT2D eigenvalue weighted by Crippen LogP contribution is -2.42. The van der Waals surface area contributed by atoms with Crippen LogP contribution in [0, 0.1) is 6.92 Å². The molecule has 3 heterocycles. The van der Waals surface area contributed by atoms with Crippen LogP contribution in [0.1, 0.15) is 35.7 Å². The van der Waals surface area contributed by atoms with E-state index in [1.54, 1.807) is 35.1 Å². The minimum absolute atomic E-state index is 0.0261. The van der Waals surface area contributed by atoms with Crippen LogP contribution in [0.2, 0.25) is 5.02 Å². The van der Waals surface area contributed by atoms with Crippen LogP contribution in [-0.2, 0) is 12.6 Å². The van der Waals surface area contributed by atoms with Crippen LogP contribution < -0.4 is 5.32 Å². The molecule has 0 fully saturated rings. The minimum Gasteiger partial charge on any atom is -0.440 e. The first kappa shape index (κ1) is 22.5. The third-order valence-electron chi connectivity index (χ3n) is 5.64. The van der Waals surface area contributed by atoms with E-state index in [4.69, 9.17) is 16.0 Å². The first-order valence-electron chi connectivity index (χ1n) is 10.3. The van der Waals surface area contributed by atoms with Gasteiger partial charge in [0.25, 0.3) is 5.89 Å². The van der Waals surface area contributed by atoms with Crippen molar-refractivity contribution in [2.45, 2.75) is 26.3 Å². The van der Waals surface area contributed by atoms with Gasteiger partial charge in [0, 0.05) is 31.4 Å². The van der Waals surface area contributed by atoms with Crippen LogP contribution in [-0.4, -0.2) is 42.6 Å². The normalized spacial score (nSPS) is 11.5. The van der Waals surface area contributed by atoms with E-state index in [1.807, 2.05) is 52.1 Å². The quantitative estimate of drug-likeness (QED) is 0.444. The zero-order valence-electron chi connectivity index (χ0n) is 19.0. The van der Waals surface area contributed by atoms with Crippen LogP contribution in [0.15, 0.2) is 53.4 Å². The van der Waals surface area contributed by atoms with Crippen LogP contribution in [0.3, 0.4) is 0 Å². The number of hydrogen-bond donors (Lipinski definition) is 1. The molecule has 4 aromatic rings. The molecule has 0 saturated heterocycles. The van der Waals surface area contributed by atoms with Crippen LogP contribution >= 0.6 is 11.6 Å². The van der Waals surface area contributed by atoms with Gasteiger partial charge in [-0.1, -0.05) is 23.7 Å². The van der Waals surface area contributed by atoms with E-state index in [1.165, 1.54) is 6.26 Å². The molecule has 10 heteroatoms. The summed E-state index contributed by atoms with van der Waals surface area (Å²) < 4.78 is 7.23. The zero-order chi connectivity index (χ0) is 23.8. The molecule has 0 atom stereocenters. The third-order valence-corrected chi connectivity index (χ3v) is 5.87. The van der Waals surface area contributed by atoms with Gasteiger partial charge in [-0.05, 0) is 44.0 Å². The highest BCUT2D eigenvalue weighted by Gasteiger charge is 2.33. The lowest BCUT2D eigenvalue weighted by atomic mass is 9.92. The van der Waals surface area contributed by atoms with Crippen LogP contribution in [0.5, 0.6) is 0 Å². The molecule has 0 aliphatic carbocycles. The van der Waals surface area contributed by atoms with E-state index < -0.39 is 5.54 Å². The summed E-state index contributed by atoms with van der Waals surface area (Å²) in [4.78, 5) is 28.1. The molecule has 4 rings (SSSR count). The predicted octanol–water partition coefficient (Wildman–Crippen LogP) is 4.58. The van der Waals surface area contributed by atoms with Gasteiger partial charge >= 0.3 is 5.91 Å². The number of carbonyl (C=O) groups is 1. The Morgan fingerprint density at radius 2 is 2.03 bits per heavy atom. The summed E-state index contributed by atoms with van der Waals surface area (Å²) in [6.07, 6.45) is 4.79. The molecule has 0 spiro atoms. The van der Waals surface area contributed by atoms with Crippen molar-refractivity contribution in [1.29, 1.82) is 0 Å². The summed E-state index contributed by atoms with van der Waals surface area (Å²) in [5.74, 6) is 0.743. The average Bonchev–Trinajstić information content (AvgIpc) is 3.43. The first-order valence-corrected chi connectivity index (χ1v) is 10.6. The second kappa shape index (κ2) is 8.67. The number of aromatic nitrogens is 5. The molecule has 0 saturated carbocycles. The van der Waals surface area contributed by atoms with Crippen molar-refractivity contribution < 1.29 is 9.21 Å². The summed E-state index contributed by atoms with van der Waals surface area (Å²) in [5.41, 5.74) is 2.07. The van der Waals surface area contributed by atoms with E-state index in [0.717, 1.165) is 16.9 Å². The number of hydrogen-bond acceptors (Lipinski definition) is 7. The highest BCUT2D eigenvalue weighted by Crippen LogP contribution is 2.30. The number of rotatable bonds is 6. The molecule has 3 aromatic heterocycles. The van der Waals surface area contributed by atoms with Gasteiger partial charge in [-0.3, -0.25) is 9.48 Å². The molecule has 1 aromatic carbocycles. The number of nitrogens with zero attached hydrogens (tertiary/aromatic N) is 6. The molecule has 0 aliphatic heterocycles. The SMILES string of the molecule is Cc1cnc(Nc2ccnn2C)nc1-c1coc(C(=O)N(C)C(C)(C)c2cccc(Cl)c2)n1. The monoisotopic (exact) mass is 465 g/mol. The largest absolute Gasteiger partial charge is 0.440 e. The maximum absolute atomic E-state index is 13.2. The summed E-state index contributed by atoms with van der Waals surface area (Å²) in [6, 6.07) is 9.24. The van der Waals surface area contributed by atoms with E-state index in [-0.39, 0.29) is 11.8 Å². The van der Waals surface area contributed by atoms with Crippen molar-refractivity contribution in [3.05, 3.63) is 71.0 Å². The number of amides is 1. The molecule has 0 radical (unpaired) electrons. The van der Waals surface area contributed by atoms with Crippen LogP contribution in [0.4, 0.5) is 11.8 Å². The Hall–Kier alpha value is -3.72. The summed E-state index contributed by atoms with van der Waals surface area (Å²) >= 11 is 6.15. The van der Waals surface area contributed by atoms with Gasteiger partial charge in [-0.25, -0.2) is 15.0 Å². The molecular formula is C23H24ClN7O2. The fourth-order valence-corrected chi connectivity index (χ4v) is 3.50. The van der Waals surface area contributed by atoms with E-state index >= 15 is 0 Å². The van der Waals surface area contributed by atoms with E-state index in [2.05, 4.69) is 25.4 Å². The molecular weight excluding hydrogens is 442 g/mol. The lowest BCUT2D eigenvalue weighted by molar-refractivity contribution is 0.0581. The van der Waals surface area contributed by atoms with Crippen LogP contribution in [0.25, 0.3) is 11.4 Å². The second-order valence-electron chi connectivity index (χ2n) is 8.16. The average molecular weight is 466 g/mol. The molecule has 9 nitrogen and oxygen atoms in total. The number of benzene rings is 1. The van der Waals surface area contributed by atoms with Crippen molar-refractivity contribution in [3.63, 3.8) is 0 Å². The number of oxazole rings is 1. The van der Waals surface area contributed by atoms with E-state index in [0.29, 0.717) is 22.4 Å². The van der Waals surface area contributed by atoms with Gasteiger partial charge in [0.15, 0.2) is 0 Å². The Morgan fingerprint density at radius 3 is 2.73 bits per heavy atom. The van der Waals surface area contributed by atoms with Crippen molar-refractivity contribution in [2.24, 2.45) is 7.05 Å². The van der Waals surface area contributed by atoms with Gasteiger partial charge in [0.1, 0.15) is 23.5 Å². The van der Waals surface area contributed by atoms with Crippen molar-refractivity contribution in [3.8, 4) is 11.4 Å². The van der Waals surface area contributed by atoms with Gasteiger partial charge in [-0.2, -0.15) is 5.10 Å². The summed E-state index contributed by atoms with van der Waals surface area (Å²) in [7, 11) is 3.52. The van der Waals surface area contributed by atoms with Crippen molar-refractivity contribution in [1.82, 2.24) is 29.6 Å².